The minimum Gasteiger partial charge on any atom is -0.422 e. The Bertz CT molecular complexity index is 1200. The fourth-order valence-corrected chi connectivity index (χ4v) is 3.87. The third kappa shape index (κ3) is 2.83. The van der Waals surface area contributed by atoms with Gasteiger partial charge in [-0.25, -0.2) is 4.79 Å². The number of halogens is 1. The predicted molar refractivity (Wildman–Crippen MR) is 114 cm³/mol. The molecule has 28 heavy (non-hydrogen) atoms. The van der Waals surface area contributed by atoms with Crippen molar-refractivity contribution in [3.63, 3.8) is 0 Å². The van der Waals surface area contributed by atoms with Gasteiger partial charge in [0.15, 0.2) is 0 Å². The molecule has 0 amide bonds. The van der Waals surface area contributed by atoms with Crippen LogP contribution < -0.4 is 15.4 Å². The smallest absolute Gasteiger partial charge is 0.343 e. The second-order valence-corrected chi connectivity index (χ2v) is 7.23. The topological polar surface area (TPSA) is 36.7 Å². The summed E-state index contributed by atoms with van der Waals surface area (Å²) in [6.07, 6.45) is 0. The molecule has 0 N–H and O–H groups in total. The monoisotopic (exact) mass is 388 g/mol. The molecule has 1 aliphatic rings. The summed E-state index contributed by atoms with van der Waals surface area (Å²) >= 11 is 6.10. The molecule has 0 fully saturated rings. The molecule has 0 saturated carbocycles. The number of nitrogens with zero attached hydrogens (tertiary/aromatic N) is 2. The highest BCUT2D eigenvalue weighted by molar-refractivity contribution is 6.30. The lowest BCUT2D eigenvalue weighted by molar-refractivity contribution is 0.543. The summed E-state index contributed by atoms with van der Waals surface area (Å²) in [5.41, 5.74) is 3.89. The van der Waals surface area contributed by atoms with Crippen LogP contribution >= 0.6 is 11.6 Å². The van der Waals surface area contributed by atoms with Crippen molar-refractivity contribution in [3.8, 4) is 0 Å². The van der Waals surface area contributed by atoms with Crippen molar-refractivity contribution in [1.29, 1.82) is 0 Å². The van der Waals surface area contributed by atoms with E-state index in [2.05, 4.69) is 9.80 Å². The van der Waals surface area contributed by atoms with Gasteiger partial charge in [0.1, 0.15) is 5.58 Å². The first-order valence-corrected chi connectivity index (χ1v) is 9.46. The van der Waals surface area contributed by atoms with Crippen LogP contribution in [0.2, 0.25) is 5.02 Å². The number of para-hydroxylation sites is 2. The van der Waals surface area contributed by atoms with Gasteiger partial charge in [-0.2, -0.15) is 0 Å². The summed E-state index contributed by atoms with van der Waals surface area (Å²) in [6, 6.07) is 25.4. The van der Waals surface area contributed by atoms with Gasteiger partial charge >= 0.3 is 5.63 Å². The zero-order valence-corrected chi connectivity index (χ0v) is 15.8. The normalized spacial score (nSPS) is 13.6. The van der Waals surface area contributed by atoms with Gasteiger partial charge < -0.3 is 14.2 Å². The average molecular weight is 389 g/mol. The molecule has 0 unspecified atom stereocenters. The maximum Gasteiger partial charge on any atom is 0.343 e. The largest absolute Gasteiger partial charge is 0.422 e. The Balaban J connectivity index is 1.75. The SMILES string of the molecule is O=c1oc2ccccc2c2c1CN(c1ccccc1)CN2c1ccc(Cl)cc1. The Kier molecular flexibility index (Phi) is 4.06. The number of benzene rings is 3. The molecule has 3 aromatic carbocycles. The summed E-state index contributed by atoms with van der Waals surface area (Å²) in [5, 5.41) is 1.61. The average Bonchev–Trinajstić information content (AvgIpc) is 2.74. The maximum absolute atomic E-state index is 12.8. The van der Waals surface area contributed by atoms with Crippen molar-refractivity contribution in [2.75, 3.05) is 16.5 Å². The van der Waals surface area contributed by atoms with Crippen LogP contribution in [0.5, 0.6) is 0 Å². The highest BCUT2D eigenvalue weighted by atomic mass is 35.5. The molecule has 4 nitrogen and oxygen atoms in total. The standard InChI is InChI=1S/C23H17ClN2O2/c24-16-10-12-18(13-11-16)26-15-25(17-6-2-1-3-7-17)14-20-22(26)19-8-4-5-9-21(19)28-23(20)27/h1-13H,14-15H2. The van der Waals surface area contributed by atoms with Gasteiger partial charge in [-0.3, -0.25) is 0 Å². The third-order valence-corrected chi connectivity index (χ3v) is 5.32. The van der Waals surface area contributed by atoms with Gasteiger partial charge in [-0.05, 0) is 48.5 Å². The van der Waals surface area contributed by atoms with Crippen LogP contribution in [-0.2, 0) is 6.54 Å². The predicted octanol–water partition coefficient (Wildman–Crippen LogP) is 5.56. The third-order valence-electron chi connectivity index (χ3n) is 5.07. The van der Waals surface area contributed by atoms with Crippen molar-refractivity contribution in [2.24, 2.45) is 0 Å². The van der Waals surface area contributed by atoms with Gasteiger partial charge in [0.2, 0.25) is 0 Å². The molecule has 4 aromatic rings. The summed E-state index contributed by atoms with van der Waals surface area (Å²) in [4.78, 5) is 17.2. The minimum atomic E-state index is -0.298. The Hall–Kier alpha value is -3.24. The van der Waals surface area contributed by atoms with Crippen molar-refractivity contribution in [3.05, 3.63) is 99.9 Å². The second kappa shape index (κ2) is 6.73. The first-order chi connectivity index (χ1) is 13.7. The Morgan fingerprint density at radius 3 is 2.32 bits per heavy atom. The minimum absolute atomic E-state index is 0.298. The molecule has 0 spiro atoms. The van der Waals surface area contributed by atoms with Crippen LogP contribution in [0.4, 0.5) is 17.1 Å². The Labute approximate surface area is 167 Å². The lowest BCUT2D eigenvalue weighted by Crippen LogP contribution is -2.42. The zero-order chi connectivity index (χ0) is 19.1. The number of rotatable bonds is 2. The molecule has 0 aliphatic carbocycles. The lowest BCUT2D eigenvalue weighted by Gasteiger charge is -2.39. The number of anilines is 3. The highest BCUT2D eigenvalue weighted by Crippen LogP contribution is 2.39. The zero-order valence-electron chi connectivity index (χ0n) is 15.0. The molecule has 1 aliphatic heterocycles. The maximum atomic E-state index is 12.8. The van der Waals surface area contributed by atoms with E-state index in [9.17, 15) is 4.79 Å². The van der Waals surface area contributed by atoms with Gasteiger partial charge in [-0.1, -0.05) is 41.9 Å². The lowest BCUT2D eigenvalue weighted by atomic mass is 10.1. The molecule has 2 heterocycles. The van der Waals surface area contributed by atoms with Crippen molar-refractivity contribution in [2.45, 2.75) is 6.54 Å². The molecule has 5 rings (SSSR count). The fourth-order valence-electron chi connectivity index (χ4n) is 3.75. The molecule has 0 radical (unpaired) electrons. The van der Waals surface area contributed by atoms with E-state index in [-0.39, 0.29) is 5.63 Å². The number of fused-ring (bicyclic) bond motifs is 3. The summed E-state index contributed by atoms with van der Waals surface area (Å²) in [6.45, 7) is 1.11. The first-order valence-electron chi connectivity index (χ1n) is 9.08. The first kappa shape index (κ1) is 16.9. The van der Waals surface area contributed by atoms with Gasteiger partial charge in [0, 0.05) is 21.8 Å². The van der Waals surface area contributed by atoms with E-state index in [1.54, 1.807) is 0 Å². The molecule has 138 valence electrons. The van der Waals surface area contributed by atoms with Crippen LogP contribution in [0, 0.1) is 0 Å². The molecular formula is C23H17ClN2O2. The quantitative estimate of drug-likeness (QED) is 0.421. The van der Waals surface area contributed by atoms with E-state index >= 15 is 0 Å². The van der Waals surface area contributed by atoms with Gasteiger partial charge in [0.25, 0.3) is 0 Å². The van der Waals surface area contributed by atoms with E-state index in [0.717, 1.165) is 22.4 Å². The summed E-state index contributed by atoms with van der Waals surface area (Å²) in [7, 11) is 0. The van der Waals surface area contributed by atoms with Gasteiger partial charge in [0.05, 0.1) is 24.5 Å². The summed E-state index contributed by atoms with van der Waals surface area (Å²) in [5.74, 6) is 0. The number of hydrogen-bond donors (Lipinski definition) is 0. The Morgan fingerprint density at radius 2 is 1.54 bits per heavy atom. The number of hydrogen-bond acceptors (Lipinski definition) is 4. The molecule has 0 atom stereocenters. The molecule has 5 heteroatoms. The Morgan fingerprint density at radius 1 is 0.821 bits per heavy atom. The van der Waals surface area contributed by atoms with E-state index in [0.29, 0.717) is 29.4 Å². The van der Waals surface area contributed by atoms with E-state index in [1.165, 1.54) is 0 Å². The van der Waals surface area contributed by atoms with E-state index < -0.39 is 0 Å². The van der Waals surface area contributed by atoms with Crippen LogP contribution in [0.25, 0.3) is 11.0 Å². The van der Waals surface area contributed by atoms with E-state index in [4.69, 9.17) is 16.0 Å². The van der Waals surface area contributed by atoms with Gasteiger partial charge in [-0.15, -0.1) is 0 Å². The summed E-state index contributed by atoms with van der Waals surface area (Å²) < 4.78 is 5.62. The molecular weight excluding hydrogens is 372 g/mol. The highest BCUT2D eigenvalue weighted by Gasteiger charge is 2.29. The van der Waals surface area contributed by atoms with Crippen LogP contribution in [-0.4, -0.2) is 6.67 Å². The van der Waals surface area contributed by atoms with E-state index in [1.807, 2.05) is 78.9 Å². The van der Waals surface area contributed by atoms with Crippen LogP contribution in [0.15, 0.2) is 88.1 Å². The van der Waals surface area contributed by atoms with Crippen LogP contribution in [0.1, 0.15) is 5.56 Å². The van der Waals surface area contributed by atoms with Crippen molar-refractivity contribution in [1.82, 2.24) is 0 Å². The molecule has 0 saturated heterocycles. The molecule has 0 bridgehead atoms. The molecule has 1 aromatic heterocycles. The fraction of sp³-hybridized carbons (Fsp3) is 0.0870. The second-order valence-electron chi connectivity index (χ2n) is 6.79. The van der Waals surface area contributed by atoms with Crippen molar-refractivity contribution < 1.29 is 4.42 Å². The van der Waals surface area contributed by atoms with Crippen LogP contribution in [0.3, 0.4) is 0 Å². The van der Waals surface area contributed by atoms with Crippen molar-refractivity contribution >= 4 is 39.6 Å².